The highest BCUT2D eigenvalue weighted by atomic mass is 79.9. The number of aliphatic hydroxyl groups excluding tert-OH is 1. The molecule has 2 atom stereocenters. The fraction of sp³-hybridized carbons (Fsp3) is 0.533. The first-order valence-corrected chi connectivity index (χ1v) is 7.62. The number of carbonyl (C=O) groups excluding carboxylic acids is 1. The number of carbonyl (C=O) groups is 1. The van der Waals surface area contributed by atoms with Crippen LogP contribution in [0.15, 0.2) is 22.7 Å². The Kier molecular flexibility index (Phi) is 5.16. The van der Waals surface area contributed by atoms with Crippen molar-refractivity contribution >= 4 is 21.8 Å². The van der Waals surface area contributed by atoms with Crippen molar-refractivity contribution in [2.45, 2.75) is 31.8 Å². The Morgan fingerprint density at radius 3 is 2.90 bits per heavy atom. The SMILES string of the molecule is CN(C[C@@H]1CCC[C@H]1O)C(=O)Cc1cc(Br)ccc1F. The van der Waals surface area contributed by atoms with Crippen LogP contribution < -0.4 is 0 Å². The number of hydrogen-bond acceptors (Lipinski definition) is 2. The van der Waals surface area contributed by atoms with Crippen molar-refractivity contribution in [2.24, 2.45) is 5.92 Å². The van der Waals surface area contributed by atoms with Gasteiger partial charge in [-0.15, -0.1) is 0 Å². The number of nitrogens with zero attached hydrogens (tertiary/aromatic N) is 1. The van der Waals surface area contributed by atoms with Crippen molar-refractivity contribution in [1.29, 1.82) is 0 Å². The van der Waals surface area contributed by atoms with Gasteiger partial charge in [-0.2, -0.15) is 0 Å². The van der Waals surface area contributed by atoms with Crippen molar-refractivity contribution in [3.63, 3.8) is 0 Å². The van der Waals surface area contributed by atoms with Gasteiger partial charge in [0.05, 0.1) is 12.5 Å². The van der Waals surface area contributed by atoms with E-state index in [1.54, 1.807) is 24.1 Å². The molecule has 0 aliphatic heterocycles. The van der Waals surface area contributed by atoms with Crippen LogP contribution in [-0.4, -0.2) is 35.6 Å². The zero-order valence-electron chi connectivity index (χ0n) is 11.5. The van der Waals surface area contributed by atoms with E-state index in [0.29, 0.717) is 12.1 Å². The van der Waals surface area contributed by atoms with E-state index < -0.39 is 0 Å². The summed E-state index contributed by atoms with van der Waals surface area (Å²) in [6.07, 6.45) is 2.50. The zero-order chi connectivity index (χ0) is 14.7. The molecule has 1 amide bonds. The van der Waals surface area contributed by atoms with Crippen LogP contribution >= 0.6 is 15.9 Å². The van der Waals surface area contributed by atoms with E-state index >= 15 is 0 Å². The summed E-state index contributed by atoms with van der Waals surface area (Å²) >= 11 is 3.28. The minimum Gasteiger partial charge on any atom is -0.393 e. The number of amides is 1. The molecule has 20 heavy (non-hydrogen) atoms. The van der Waals surface area contributed by atoms with Crippen LogP contribution in [0.4, 0.5) is 4.39 Å². The average Bonchev–Trinajstić information content (AvgIpc) is 2.79. The quantitative estimate of drug-likeness (QED) is 0.913. The van der Waals surface area contributed by atoms with Crippen LogP contribution in [0, 0.1) is 11.7 Å². The molecule has 0 bridgehead atoms. The van der Waals surface area contributed by atoms with E-state index in [4.69, 9.17) is 0 Å². The summed E-state index contributed by atoms with van der Waals surface area (Å²) < 4.78 is 14.4. The molecule has 1 aliphatic carbocycles. The Hall–Kier alpha value is -0.940. The van der Waals surface area contributed by atoms with E-state index in [1.807, 2.05) is 0 Å². The fourth-order valence-electron chi connectivity index (χ4n) is 2.66. The normalized spacial score (nSPS) is 22.0. The van der Waals surface area contributed by atoms with Gasteiger partial charge < -0.3 is 10.0 Å². The van der Waals surface area contributed by atoms with Crippen LogP contribution in [-0.2, 0) is 11.2 Å². The predicted octanol–water partition coefficient (Wildman–Crippen LogP) is 2.75. The average molecular weight is 344 g/mol. The molecule has 0 heterocycles. The highest BCUT2D eigenvalue weighted by Gasteiger charge is 2.27. The molecule has 1 fully saturated rings. The van der Waals surface area contributed by atoms with Crippen LogP contribution in [0.1, 0.15) is 24.8 Å². The second-order valence-corrected chi connectivity index (χ2v) is 6.36. The largest absolute Gasteiger partial charge is 0.393 e. The smallest absolute Gasteiger partial charge is 0.226 e. The van der Waals surface area contributed by atoms with Crippen molar-refractivity contribution in [3.8, 4) is 0 Å². The standard InChI is InChI=1S/C15H19BrFNO2/c1-18(9-10-3-2-4-14(10)19)15(20)8-11-7-12(16)5-6-13(11)17/h5-7,10,14,19H,2-4,8-9H2,1H3/t10-,14+/m0/s1. The van der Waals surface area contributed by atoms with Gasteiger partial charge in [0.2, 0.25) is 5.91 Å². The van der Waals surface area contributed by atoms with Gasteiger partial charge in [-0.25, -0.2) is 4.39 Å². The maximum Gasteiger partial charge on any atom is 0.226 e. The van der Waals surface area contributed by atoms with Crippen molar-refractivity contribution in [1.82, 2.24) is 4.90 Å². The van der Waals surface area contributed by atoms with Gasteiger partial charge >= 0.3 is 0 Å². The third kappa shape index (κ3) is 3.79. The lowest BCUT2D eigenvalue weighted by atomic mass is 10.0. The Morgan fingerprint density at radius 1 is 1.50 bits per heavy atom. The number of likely N-dealkylation sites (N-methyl/N-ethyl adjacent to an activating group) is 1. The highest BCUT2D eigenvalue weighted by Crippen LogP contribution is 2.26. The summed E-state index contributed by atoms with van der Waals surface area (Å²) in [5, 5.41) is 9.79. The highest BCUT2D eigenvalue weighted by molar-refractivity contribution is 9.10. The Bertz CT molecular complexity index is 495. The van der Waals surface area contributed by atoms with Crippen LogP contribution in [0.5, 0.6) is 0 Å². The minimum absolute atomic E-state index is 0.0462. The summed E-state index contributed by atoms with van der Waals surface area (Å²) in [5.41, 5.74) is 0.392. The molecule has 0 aromatic heterocycles. The van der Waals surface area contributed by atoms with Gasteiger partial charge in [-0.05, 0) is 36.6 Å². The molecule has 1 saturated carbocycles. The Labute approximate surface area is 126 Å². The van der Waals surface area contributed by atoms with Gasteiger partial charge in [0, 0.05) is 24.0 Å². The molecule has 1 N–H and O–H groups in total. The lowest BCUT2D eigenvalue weighted by molar-refractivity contribution is -0.130. The topological polar surface area (TPSA) is 40.5 Å². The van der Waals surface area contributed by atoms with Crippen molar-refractivity contribution < 1.29 is 14.3 Å². The number of aliphatic hydroxyl groups is 1. The van der Waals surface area contributed by atoms with Gasteiger partial charge in [0.1, 0.15) is 5.82 Å². The monoisotopic (exact) mass is 343 g/mol. The molecule has 1 aromatic carbocycles. The summed E-state index contributed by atoms with van der Waals surface area (Å²) in [5.74, 6) is -0.340. The van der Waals surface area contributed by atoms with E-state index in [-0.39, 0.29) is 30.2 Å². The van der Waals surface area contributed by atoms with Gasteiger partial charge in [-0.1, -0.05) is 22.4 Å². The van der Waals surface area contributed by atoms with Gasteiger partial charge in [-0.3, -0.25) is 4.79 Å². The predicted molar refractivity (Wildman–Crippen MR) is 78.8 cm³/mol. The van der Waals surface area contributed by atoms with Crippen LogP contribution in [0.2, 0.25) is 0 Å². The third-order valence-corrected chi connectivity index (χ3v) is 4.40. The maximum atomic E-state index is 13.6. The molecule has 5 heteroatoms. The number of rotatable bonds is 4. The van der Waals surface area contributed by atoms with E-state index in [0.717, 1.165) is 23.7 Å². The molecule has 0 saturated heterocycles. The second-order valence-electron chi connectivity index (χ2n) is 5.45. The molecule has 110 valence electrons. The Balaban J connectivity index is 1.95. The summed E-state index contributed by atoms with van der Waals surface area (Å²) in [7, 11) is 1.71. The van der Waals surface area contributed by atoms with Gasteiger partial charge in [0.25, 0.3) is 0 Å². The van der Waals surface area contributed by atoms with E-state index in [2.05, 4.69) is 15.9 Å². The van der Waals surface area contributed by atoms with Gasteiger partial charge in [0.15, 0.2) is 0 Å². The molecule has 0 radical (unpaired) electrons. The molecule has 1 aliphatic rings. The maximum absolute atomic E-state index is 13.6. The summed E-state index contributed by atoms with van der Waals surface area (Å²) in [4.78, 5) is 13.7. The molecular weight excluding hydrogens is 325 g/mol. The molecule has 3 nitrogen and oxygen atoms in total. The summed E-state index contributed by atoms with van der Waals surface area (Å²) in [6.45, 7) is 0.537. The minimum atomic E-state index is -0.365. The van der Waals surface area contributed by atoms with Crippen LogP contribution in [0.25, 0.3) is 0 Å². The summed E-state index contributed by atoms with van der Waals surface area (Å²) in [6, 6.07) is 4.60. The number of hydrogen-bond donors (Lipinski definition) is 1. The molecule has 2 rings (SSSR count). The number of benzene rings is 1. The third-order valence-electron chi connectivity index (χ3n) is 3.90. The van der Waals surface area contributed by atoms with Crippen molar-refractivity contribution in [3.05, 3.63) is 34.1 Å². The van der Waals surface area contributed by atoms with Crippen LogP contribution in [0.3, 0.4) is 0 Å². The van der Waals surface area contributed by atoms with Crippen molar-refractivity contribution in [2.75, 3.05) is 13.6 Å². The molecule has 1 aromatic rings. The lowest BCUT2D eigenvalue weighted by Gasteiger charge is -2.23. The fourth-order valence-corrected chi connectivity index (χ4v) is 3.07. The first kappa shape index (κ1) is 15.4. The molecule has 0 spiro atoms. The Morgan fingerprint density at radius 2 is 2.25 bits per heavy atom. The first-order valence-electron chi connectivity index (χ1n) is 6.83. The zero-order valence-corrected chi connectivity index (χ0v) is 13.1. The number of halogens is 2. The second kappa shape index (κ2) is 6.68. The van der Waals surface area contributed by atoms with E-state index in [1.165, 1.54) is 6.07 Å². The lowest BCUT2D eigenvalue weighted by Crippen LogP contribution is -2.35. The first-order chi connectivity index (χ1) is 9.47. The molecule has 0 unspecified atom stereocenters. The molecular formula is C15H19BrFNO2. The van der Waals surface area contributed by atoms with E-state index in [9.17, 15) is 14.3 Å².